The first-order valence-electron chi connectivity index (χ1n) is 4.62. The molecule has 1 atom stereocenters. The van der Waals surface area contributed by atoms with Crippen LogP contribution >= 0.6 is 0 Å². The summed E-state index contributed by atoms with van der Waals surface area (Å²) >= 11 is 0. The maximum Gasteiger partial charge on any atom is 0.0827 e. The van der Waals surface area contributed by atoms with Crippen LogP contribution < -0.4 is 0 Å². The lowest BCUT2D eigenvalue weighted by molar-refractivity contribution is 0.164. The second-order valence-corrected chi connectivity index (χ2v) is 3.31. The maximum absolute atomic E-state index is 9.80. The number of benzene rings is 1. The van der Waals surface area contributed by atoms with Crippen molar-refractivity contribution in [2.24, 2.45) is 0 Å². The third-order valence-electron chi connectivity index (χ3n) is 2.01. The molecule has 0 saturated carbocycles. The number of aliphatic hydroxyl groups excluding tert-OH is 1. The largest absolute Gasteiger partial charge is 0.388 e. The Bertz CT molecular complexity index is 280. The van der Waals surface area contributed by atoms with Crippen molar-refractivity contribution >= 4 is 0 Å². The van der Waals surface area contributed by atoms with Gasteiger partial charge in [0.15, 0.2) is 0 Å². The molecule has 0 aliphatic rings. The van der Waals surface area contributed by atoms with E-state index in [1.807, 2.05) is 30.3 Å². The second-order valence-electron chi connectivity index (χ2n) is 3.31. The van der Waals surface area contributed by atoms with Crippen molar-refractivity contribution in [3.63, 3.8) is 0 Å². The Kier molecular flexibility index (Phi) is 4.36. The van der Waals surface area contributed by atoms with Crippen molar-refractivity contribution in [1.29, 1.82) is 0 Å². The molecule has 0 bridgehead atoms. The van der Waals surface area contributed by atoms with Gasteiger partial charge in [-0.2, -0.15) is 0 Å². The molecular weight excluding hydrogens is 176 g/mol. The number of hydrogen-bond donors (Lipinski definition) is 1. The summed E-state index contributed by atoms with van der Waals surface area (Å²) in [7, 11) is 1.63. The van der Waals surface area contributed by atoms with E-state index in [0.717, 1.165) is 11.1 Å². The SMILES string of the molecule is C=C(COC)CC(O)c1ccccc1. The predicted molar refractivity (Wildman–Crippen MR) is 57.0 cm³/mol. The third kappa shape index (κ3) is 3.32. The normalized spacial score (nSPS) is 12.4. The number of rotatable bonds is 5. The molecule has 1 aromatic carbocycles. The number of aliphatic hydroxyl groups is 1. The van der Waals surface area contributed by atoms with Gasteiger partial charge in [0.1, 0.15) is 0 Å². The molecule has 2 nitrogen and oxygen atoms in total. The van der Waals surface area contributed by atoms with E-state index in [0.29, 0.717) is 13.0 Å². The fraction of sp³-hybridized carbons (Fsp3) is 0.333. The average Bonchev–Trinajstić information content (AvgIpc) is 2.19. The van der Waals surface area contributed by atoms with E-state index in [4.69, 9.17) is 4.74 Å². The summed E-state index contributed by atoms with van der Waals surface area (Å²) in [5.74, 6) is 0. The van der Waals surface area contributed by atoms with E-state index < -0.39 is 6.10 Å². The molecule has 1 aromatic rings. The molecule has 0 aliphatic carbocycles. The minimum atomic E-state index is -0.473. The van der Waals surface area contributed by atoms with Crippen molar-refractivity contribution in [2.75, 3.05) is 13.7 Å². The van der Waals surface area contributed by atoms with Crippen LogP contribution in [0.25, 0.3) is 0 Å². The lowest BCUT2D eigenvalue weighted by Crippen LogP contribution is -2.02. The van der Waals surface area contributed by atoms with Crippen LogP contribution in [0.2, 0.25) is 0 Å². The van der Waals surface area contributed by atoms with Crippen LogP contribution in [0.15, 0.2) is 42.5 Å². The van der Waals surface area contributed by atoms with Gasteiger partial charge in [0.2, 0.25) is 0 Å². The van der Waals surface area contributed by atoms with Gasteiger partial charge in [-0.05, 0) is 11.1 Å². The zero-order valence-electron chi connectivity index (χ0n) is 8.44. The molecule has 14 heavy (non-hydrogen) atoms. The molecule has 2 heteroatoms. The molecule has 0 heterocycles. The zero-order chi connectivity index (χ0) is 10.4. The van der Waals surface area contributed by atoms with Gasteiger partial charge in [0.25, 0.3) is 0 Å². The van der Waals surface area contributed by atoms with Crippen molar-refractivity contribution in [2.45, 2.75) is 12.5 Å². The minimum Gasteiger partial charge on any atom is -0.388 e. The minimum absolute atomic E-state index is 0.473. The van der Waals surface area contributed by atoms with Crippen LogP contribution in [-0.4, -0.2) is 18.8 Å². The Labute approximate surface area is 84.8 Å². The van der Waals surface area contributed by atoms with E-state index in [1.54, 1.807) is 7.11 Å². The molecule has 1 rings (SSSR count). The summed E-state index contributed by atoms with van der Waals surface area (Å²) < 4.78 is 4.93. The lowest BCUT2D eigenvalue weighted by Gasteiger charge is -2.12. The van der Waals surface area contributed by atoms with Crippen LogP contribution in [0, 0.1) is 0 Å². The molecule has 0 amide bonds. The van der Waals surface area contributed by atoms with Crippen molar-refractivity contribution < 1.29 is 9.84 Å². The van der Waals surface area contributed by atoms with Crippen molar-refractivity contribution in [1.82, 2.24) is 0 Å². The highest BCUT2D eigenvalue weighted by atomic mass is 16.5. The van der Waals surface area contributed by atoms with E-state index in [-0.39, 0.29) is 0 Å². The first-order valence-corrected chi connectivity index (χ1v) is 4.62. The van der Waals surface area contributed by atoms with Gasteiger partial charge in [0, 0.05) is 13.5 Å². The van der Waals surface area contributed by atoms with Crippen LogP contribution in [0.1, 0.15) is 18.1 Å². The summed E-state index contributed by atoms with van der Waals surface area (Å²) in [6.07, 6.45) is 0.0801. The summed E-state index contributed by atoms with van der Waals surface area (Å²) in [6.45, 7) is 4.33. The van der Waals surface area contributed by atoms with Crippen LogP contribution in [-0.2, 0) is 4.74 Å². The Morgan fingerprint density at radius 2 is 2.07 bits per heavy atom. The summed E-state index contributed by atoms with van der Waals surface area (Å²) in [5.41, 5.74) is 1.83. The van der Waals surface area contributed by atoms with Gasteiger partial charge in [-0.15, -0.1) is 0 Å². The first-order chi connectivity index (χ1) is 6.74. The topological polar surface area (TPSA) is 29.5 Å². The molecule has 0 fully saturated rings. The van der Waals surface area contributed by atoms with Gasteiger partial charge < -0.3 is 9.84 Å². The van der Waals surface area contributed by atoms with Crippen LogP contribution in [0.4, 0.5) is 0 Å². The van der Waals surface area contributed by atoms with Gasteiger partial charge in [-0.25, -0.2) is 0 Å². The Morgan fingerprint density at radius 1 is 1.43 bits per heavy atom. The smallest absolute Gasteiger partial charge is 0.0827 e. The van der Waals surface area contributed by atoms with Gasteiger partial charge in [-0.3, -0.25) is 0 Å². The summed E-state index contributed by atoms with van der Waals surface area (Å²) in [4.78, 5) is 0. The monoisotopic (exact) mass is 192 g/mol. The highest BCUT2D eigenvalue weighted by Gasteiger charge is 2.07. The quantitative estimate of drug-likeness (QED) is 0.725. The summed E-state index contributed by atoms with van der Waals surface area (Å²) in [5, 5.41) is 9.80. The Hall–Kier alpha value is -1.12. The summed E-state index contributed by atoms with van der Waals surface area (Å²) in [6, 6.07) is 9.57. The molecule has 0 radical (unpaired) electrons. The first kappa shape index (κ1) is 11.0. The average molecular weight is 192 g/mol. The molecule has 1 N–H and O–H groups in total. The van der Waals surface area contributed by atoms with Crippen molar-refractivity contribution in [3.8, 4) is 0 Å². The van der Waals surface area contributed by atoms with Crippen molar-refractivity contribution in [3.05, 3.63) is 48.0 Å². The molecule has 1 unspecified atom stereocenters. The van der Waals surface area contributed by atoms with Crippen LogP contribution in [0.5, 0.6) is 0 Å². The number of ether oxygens (including phenoxy) is 1. The maximum atomic E-state index is 9.80. The number of methoxy groups -OCH3 is 1. The molecule has 76 valence electrons. The van der Waals surface area contributed by atoms with E-state index in [9.17, 15) is 5.11 Å². The standard InChI is InChI=1S/C12H16O2/c1-10(9-14-2)8-12(13)11-6-4-3-5-7-11/h3-7,12-13H,1,8-9H2,2H3. The second kappa shape index (κ2) is 5.58. The fourth-order valence-electron chi connectivity index (χ4n) is 1.33. The Balaban J connectivity index is 2.50. The molecular formula is C12H16O2. The van der Waals surface area contributed by atoms with Gasteiger partial charge in [0.05, 0.1) is 12.7 Å². The molecule has 0 spiro atoms. The number of hydrogen-bond acceptors (Lipinski definition) is 2. The highest BCUT2D eigenvalue weighted by molar-refractivity contribution is 5.19. The van der Waals surface area contributed by atoms with E-state index in [2.05, 4.69) is 6.58 Å². The van der Waals surface area contributed by atoms with E-state index >= 15 is 0 Å². The Morgan fingerprint density at radius 3 is 2.64 bits per heavy atom. The highest BCUT2D eigenvalue weighted by Crippen LogP contribution is 2.19. The molecule has 0 aliphatic heterocycles. The lowest BCUT2D eigenvalue weighted by atomic mass is 10.0. The molecule has 0 saturated heterocycles. The zero-order valence-corrected chi connectivity index (χ0v) is 8.44. The fourth-order valence-corrected chi connectivity index (χ4v) is 1.33. The molecule has 0 aromatic heterocycles. The third-order valence-corrected chi connectivity index (χ3v) is 2.01. The van der Waals surface area contributed by atoms with E-state index in [1.165, 1.54) is 0 Å². The van der Waals surface area contributed by atoms with Gasteiger partial charge in [-0.1, -0.05) is 36.9 Å². The van der Waals surface area contributed by atoms with Crippen LogP contribution in [0.3, 0.4) is 0 Å². The predicted octanol–water partition coefficient (Wildman–Crippen LogP) is 2.31. The van der Waals surface area contributed by atoms with Gasteiger partial charge >= 0.3 is 0 Å².